The van der Waals surface area contributed by atoms with Gasteiger partial charge >= 0.3 is 0 Å². The predicted octanol–water partition coefficient (Wildman–Crippen LogP) is -0.185. The Bertz CT molecular complexity index is 366. The molecule has 18 heavy (non-hydrogen) atoms. The first-order valence-corrected chi connectivity index (χ1v) is 6.17. The van der Waals surface area contributed by atoms with E-state index < -0.39 is 0 Å². The number of rotatable bonds is 5. The highest BCUT2D eigenvalue weighted by Crippen LogP contribution is 1.99. The second-order valence-electron chi connectivity index (χ2n) is 4.12. The maximum Gasteiger partial charge on any atom is 0.224 e. The molecule has 2 heterocycles. The van der Waals surface area contributed by atoms with Crippen molar-refractivity contribution in [2.24, 2.45) is 0 Å². The molecule has 0 unspecified atom stereocenters. The molecule has 2 rings (SSSR count). The molecule has 1 fully saturated rings. The zero-order valence-corrected chi connectivity index (χ0v) is 10.3. The van der Waals surface area contributed by atoms with Gasteiger partial charge in [-0.1, -0.05) is 0 Å². The summed E-state index contributed by atoms with van der Waals surface area (Å²) < 4.78 is 5.21. The molecule has 1 aromatic heterocycles. The van der Waals surface area contributed by atoms with Crippen LogP contribution in [0.15, 0.2) is 18.6 Å². The molecule has 1 N–H and O–H groups in total. The van der Waals surface area contributed by atoms with E-state index in [0.717, 1.165) is 5.69 Å². The quantitative estimate of drug-likeness (QED) is 0.734. The van der Waals surface area contributed by atoms with E-state index in [0.29, 0.717) is 45.8 Å². The minimum atomic E-state index is 0.188. The van der Waals surface area contributed by atoms with Gasteiger partial charge in [-0.05, 0) is 6.07 Å². The first-order chi connectivity index (χ1) is 8.86. The molecule has 0 bridgehead atoms. The van der Waals surface area contributed by atoms with Crippen LogP contribution in [0.3, 0.4) is 0 Å². The van der Waals surface area contributed by atoms with E-state index in [9.17, 15) is 4.79 Å². The van der Waals surface area contributed by atoms with Gasteiger partial charge in [0.05, 0.1) is 18.9 Å². The van der Waals surface area contributed by atoms with E-state index in [1.165, 1.54) is 6.33 Å². The Hall–Kier alpha value is -1.53. The smallest absolute Gasteiger partial charge is 0.224 e. The monoisotopic (exact) mass is 250 g/mol. The molecule has 0 radical (unpaired) electrons. The Morgan fingerprint density at radius 3 is 3.00 bits per heavy atom. The third kappa shape index (κ3) is 4.05. The number of hydrogen-bond acceptors (Lipinski definition) is 5. The summed E-state index contributed by atoms with van der Waals surface area (Å²) >= 11 is 0. The fourth-order valence-corrected chi connectivity index (χ4v) is 1.81. The summed E-state index contributed by atoms with van der Waals surface area (Å²) in [7, 11) is 0. The molecular weight excluding hydrogens is 232 g/mol. The van der Waals surface area contributed by atoms with Crippen LogP contribution in [0.2, 0.25) is 0 Å². The van der Waals surface area contributed by atoms with Crippen LogP contribution in [-0.4, -0.2) is 53.6 Å². The van der Waals surface area contributed by atoms with Crippen molar-refractivity contribution in [2.45, 2.75) is 13.0 Å². The van der Waals surface area contributed by atoms with E-state index >= 15 is 0 Å². The number of nitrogens with one attached hydrogen (secondary N) is 1. The topological polar surface area (TPSA) is 67.4 Å². The zero-order valence-electron chi connectivity index (χ0n) is 10.3. The Morgan fingerprint density at radius 1 is 1.44 bits per heavy atom. The molecule has 0 spiro atoms. The Kier molecular flexibility index (Phi) is 5.04. The molecule has 6 nitrogen and oxygen atoms in total. The van der Waals surface area contributed by atoms with Gasteiger partial charge in [-0.3, -0.25) is 4.79 Å². The van der Waals surface area contributed by atoms with Crippen LogP contribution in [0.1, 0.15) is 12.1 Å². The summed E-state index contributed by atoms with van der Waals surface area (Å²) in [5.74, 6) is 0.188. The van der Waals surface area contributed by atoms with Crippen molar-refractivity contribution in [2.75, 3.05) is 32.8 Å². The van der Waals surface area contributed by atoms with E-state index in [1.54, 1.807) is 6.20 Å². The molecule has 1 aliphatic heterocycles. The number of morpholine rings is 1. The van der Waals surface area contributed by atoms with E-state index in [4.69, 9.17) is 4.74 Å². The Balaban J connectivity index is 1.61. The lowest BCUT2D eigenvalue weighted by Gasteiger charge is -2.26. The van der Waals surface area contributed by atoms with Crippen molar-refractivity contribution < 1.29 is 9.53 Å². The van der Waals surface area contributed by atoms with E-state index in [2.05, 4.69) is 15.3 Å². The van der Waals surface area contributed by atoms with Crippen LogP contribution in [0, 0.1) is 0 Å². The van der Waals surface area contributed by atoms with Gasteiger partial charge in [0.2, 0.25) is 5.91 Å². The van der Waals surface area contributed by atoms with Gasteiger partial charge in [-0.25, -0.2) is 9.97 Å². The zero-order chi connectivity index (χ0) is 12.6. The fraction of sp³-hybridized carbons (Fsp3) is 0.583. The molecule has 0 aliphatic carbocycles. The molecule has 1 amide bonds. The molecule has 1 saturated heterocycles. The van der Waals surface area contributed by atoms with Crippen LogP contribution in [0.25, 0.3) is 0 Å². The highest BCUT2D eigenvalue weighted by Gasteiger charge is 2.15. The molecule has 6 heteroatoms. The molecule has 98 valence electrons. The number of carbonyl (C=O) groups excluding carboxylic acids is 1. The first kappa shape index (κ1) is 12.9. The van der Waals surface area contributed by atoms with Gasteiger partial charge in [-0.2, -0.15) is 0 Å². The first-order valence-electron chi connectivity index (χ1n) is 6.17. The summed E-state index contributed by atoms with van der Waals surface area (Å²) in [5, 5.41) is 3.20. The summed E-state index contributed by atoms with van der Waals surface area (Å²) in [4.78, 5) is 21.6. The summed E-state index contributed by atoms with van der Waals surface area (Å²) in [6.07, 6.45) is 3.75. The number of ether oxygens (including phenoxy) is 1. The average molecular weight is 250 g/mol. The van der Waals surface area contributed by atoms with Gasteiger partial charge in [0.25, 0.3) is 0 Å². The fourth-order valence-electron chi connectivity index (χ4n) is 1.81. The number of nitrogens with zero attached hydrogens (tertiary/aromatic N) is 3. The summed E-state index contributed by atoms with van der Waals surface area (Å²) in [5.41, 5.74) is 0.934. The van der Waals surface area contributed by atoms with Gasteiger partial charge in [0.1, 0.15) is 6.33 Å². The van der Waals surface area contributed by atoms with E-state index in [-0.39, 0.29) is 5.91 Å². The molecule has 0 atom stereocenters. The van der Waals surface area contributed by atoms with Crippen molar-refractivity contribution in [3.8, 4) is 0 Å². The summed E-state index contributed by atoms with van der Waals surface area (Å²) in [6.45, 7) is 4.06. The van der Waals surface area contributed by atoms with Crippen molar-refractivity contribution in [1.82, 2.24) is 20.2 Å². The number of carbonyl (C=O) groups is 1. The van der Waals surface area contributed by atoms with Gasteiger partial charge in [-0.15, -0.1) is 0 Å². The molecule has 0 saturated carbocycles. The van der Waals surface area contributed by atoms with Crippen LogP contribution in [-0.2, 0) is 16.1 Å². The second-order valence-corrected chi connectivity index (χ2v) is 4.12. The van der Waals surface area contributed by atoms with Crippen molar-refractivity contribution in [1.29, 1.82) is 0 Å². The van der Waals surface area contributed by atoms with E-state index in [1.807, 2.05) is 11.0 Å². The minimum absolute atomic E-state index is 0.188. The minimum Gasteiger partial charge on any atom is -0.378 e. The third-order valence-electron chi connectivity index (χ3n) is 2.83. The standard InChI is InChI=1S/C12H18N4O2/c17-12(16-5-7-18-8-6-16)2-4-13-9-11-1-3-14-10-15-11/h1,3,10,13H,2,4-9H2. The highest BCUT2D eigenvalue weighted by molar-refractivity contribution is 5.76. The molecule has 1 aliphatic rings. The Morgan fingerprint density at radius 2 is 2.28 bits per heavy atom. The highest BCUT2D eigenvalue weighted by atomic mass is 16.5. The lowest BCUT2D eigenvalue weighted by atomic mass is 10.3. The largest absolute Gasteiger partial charge is 0.378 e. The van der Waals surface area contributed by atoms with Crippen LogP contribution < -0.4 is 5.32 Å². The molecule has 1 aromatic rings. The predicted molar refractivity (Wildman–Crippen MR) is 65.8 cm³/mol. The molecular formula is C12H18N4O2. The van der Waals surface area contributed by atoms with Crippen LogP contribution in [0.4, 0.5) is 0 Å². The van der Waals surface area contributed by atoms with Gasteiger partial charge in [0, 0.05) is 38.8 Å². The number of hydrogen-bond donors (Lipinski definition) is 1. The Labute approximate surface area is 106 Å². The number of aromatic nitrogens is 2. The summed E-state index contributed by atoms with van der Waals surface area (Å²) in [6, 6.07) is 1.86. The van der Waals surface area contributed by atoms with Gasteiger partial charge < -0.3 is 15.0 Å². The van der Waals surface area contributed by atoms with Crippen LogP contribution >= 0.6 is 0 Å². The van der Waals surface area contributed by atoms with Crippen molar-refractivity contribution >= 4 is 5.91 Å². The van der Waals surface area contributed by atoms with Gasteiger partial charge in [0.15, 0.2) is 0 Å². The normalized spacial score (nSPS) is 15.7. The maximum absolute atomic E-state index is 11.8. The van der Waals surface area contributed by atoms with Crippen LogP contribution in [0.5, 0.6) is 0 Å². The average Bonchev–Trinajstić information content (AvgIpc) is 2.45. The molecule has 0 aromatic carbocycles. The third-order valence-corrected chi connectivity index (χ3v) is 2.83. The lowest BCUT2D eigenvalue weighted by Crippen LogP contribution is -2.41. The number of amides is 1. The van der Waals surface area contributed by atoms with Crippen molar-refractivity contribution in [3.05, 3.63) is 24.3 Å². The van der Waals surface area contributed by atoms with Crippen molar-refractivity contribution in [3.63, 3.8) is 0 Å². The second kappa shape index (κ2) is 7.03. The maximum atomic E-state index is 11.8. The SMILES string of the molecule is O=C(CCNCc1ccncn1)N1CCOCC1. The lowest BCUT2D eigenvalue weighted by molar-refractivity contribution is -0.135.